The number of carbonyl (C=O) groups excluding carboxylic acids is 1. The number of rotatable bonds is 4. The lowest BCUT2D eigenvalue weighted by atomic mass is 10.1. The maximum absolute atomic E-state index is 12.7. The zero-order valence-corrected chi connectivity index (χ0v) is 9.22. The second-order valence-electron chi connectivity index (χ2n) is 3.24. The molecule has 1 N–H and O–H groups in total. The Morgan fingerprint density at radius 1 is 1.06 bits per heavy atom. The molecule has 0 unspecified atom stereocenters. The molecule has 0 rings (SSSR count). The number of halogens is 6. The van der Waals surface area contributed by atoms with E-state index in [1.165, 1.54) is 0 Å². The first-order valence-corrected chi connectivity index (χ1v) is 5.68. The van der Waals surface area contributed by atoms with Crippen LogP contribution in [0.3, 0.4) is 0 Å². The van der Waals surface area contributed by atoms with Crippen LogP contribution in [0.2, 0.25) is 0 Å². The van der Waals surface area contributed by atoms with Gasteiger partial charge in [-0.15, -0.1) is 0 Å². The van der Waals surface area contributed by atoms with Crippen LogP contribution in [0.4, 0.5) is 26.3 Å². The topological polar surface area (TPSA) is 63.2 Å². The molecule has 11 heteroatoms. The van der Waals surface area contributed by atoms with Crippen molar-refractivity contribution in [1.82, 2.24) is 4.72 Å². The Hall–Kier alpha value is -1.00. The highest BCUT2D eigenvalue weighted by molar-refractivity contribution is 7.89. The van der Waals surface area contributed by atoms with Crippen molar-refractivity contribution in [3.63, 3.8) is 0 Å². The van der Waals surface area contributed by atoms with E-state index in [2.05, 4.69) is 0 Å². The highest BCUT2D eigenvalue weighted by atomic mass is 32.2. The molecule has 0 aliphatic rings. The molecule has 0 radical (unpaired) electrons. The molecule has 17 heavy (non-hydrogen) atoms. The van der Waals surface area contributed by atoms with Crippen molar-refractivity contribution in [2.45, 2.75) is 24.7 Å². The van der Waals surface area contributed by atoms with Crippen LogP contribution < -0.4 is 4.72 Å². The number of carbonyl (C=O) groups is 1. The van der Waals surface area contributed by atoms with Crippen molar-refractivity contribution in [1.29, 1.82) is 0 Å². The lowest BCUT2D eigenvalue weighted by Gasteiger charge is -2.29. The molecular formula is C6H7F6NO3S. The van der Waals surface area contributed by atoms with Crippen molar-refractivity contribution >= 4 is 15.9 Å². The van der Waals surface area contributed by atoms with Crippen molar-refractivity contribution in [2.24, 2.45) is 0 Å². The van der Waals surface area contributed by atoms with Gasteiger partial charge in [-0.1, -0.05) is 0 Å². The van der Waals surface area contributed by atoms with Gasteiger partial charge in [0.25, 0.3) is 0 Å². The summed E-state index contributed by atoms with van der Waals surface area (Å²) in [4.78, 5) is 10.5. The summed E-state index contributed by atoms with van der Waals surface area (Å²) in [5, 5.41) is 0. The molecule has 0 saturated heterocycles. The fraction of sp³-hybridized carbons (Fsp3) is 0.833. The third-order valence-electron chi connectivity index (χ3n) is 1.51. The average Bonchev–Trinajstić information content (AvgIpc) is 1.97. The van der Waals surface area contributed by atoms with Crippen LogP contribution >= 0.6 is 0 Å². The average molecular weight is 287 g/mol. The van der Waals surface area contributed by atoms with E-state index in [0.717, 1.165) is 0 Å². The summed E-state index contributed by atoms with van der Waals surface area (Å²) in [6.07, 6.45) is 0.225. The normalized spacial score (nSPS) is 14.6. The molecule has 0 aliphatic heterocycles. The van der Waals surface area contributed by atoms with Gasteiger partial charge in [0.05, 0.1) is 6.26 Å². The minimum Gasteiger partial charge on any atom is -0.267 e. The van der Waals surface area contributed by atoms with Gasteiger partial charge in [0.15, 0.2) is 0 Å². The predicted octanol–water partition coefficient (Wildman–Crippen LogP) is 0.988. The molecule has 0 spiro atoms. The van der Waals surface area contributed by atoms with E-state index in [-0.39, 0.29) is 6.26 Å². The van der Waals surface area contributed by atoms with Crippen molar-refractivity contribution in [3.8, 4) is 0 Å². The Bertz CT molecular complexity index is 412. The van der Waals surface area contributed by atoms with Crippen LogP contribution in [0.1, 0.15) is 6.92 Å². The highest BCUT2D eigenvalue weighted by Crippen LogP contribution is 2.45. The number of hydrogen-bond acceptors (Lipinski definition) is 3. The van der Waals surface area contributed by atoms with Crippen LogP contribution in [-0.2, 0) is 14.8 Å². The zero-order chi connectivity index (χ0) is 14.3. The van der Waals surface area contributed by atoms with Gasteiger partial charge in [-0.05, 0) is 0 Å². The molecule has 0 heterocycles. The molecule has 0 aliphatic carbocycles. The van der Waals surface area contributed by atoms with E-state index in [0.29, 0.717) is 4.72 Å². The first-order chi connectivity index (χ1) is 7.13. The van der Waals surface area contributed by atoms with Gasteiger partial charge in [0, 0.05) is 6.92 Å². The molecule has 1 amide bonds. The van der Waals surface area contributed by atoms with Crippen LogP contribution in [0, 0.1) is 0 Å². The van der Waals surface area contributed by atoms with Crippen molar-refractivity contribution in [3.05, 3.63) is 0 Å². The molecule has 102 valence electrons. The van der Waals surface area contributed by atoms with E-state index in [4.69, 9.17) is 0 Å². The summed E-state index contributed by atoms with van der Waals surface area (Å²) in [7, 11) is -4.57. The third-order valence-corrected chi connectivity index (χ3v) is 2.07. The Balaban J connectivity index is 5.36. The minimum absolute atomic E-state index is 0.225. The number of alkyl halides is 6. The van der Waals surface area contributed by atoms with E-state index < -0.39 is 40.6 Å². The Labute approximate surface area is 92.0 Å². The molecule has 0 saturated carbocycles. The maximum atomic E-state index is 12.7. The Morgan fingerprint density at radius 2 is 1.41 bits per heavy atom. The summed E-state index contributed by atoms with van der Waals surface area (Å²) >= 11 is 0. The summed E-state index contributed by atoms with van der Waals surface area (Å²) in [5.41, 5.74) is 0. The van der Waals surface area contributed by atoms with Gasteiger partial charge in [0.2, 0.25) is 10.0 Å². The zero-order valence-electron chi connectivity index (χ0n) is 8.40. The second-order valence-corrected chi connectivity index (χ2v) is 4.99. The second kappa shape index (κ2) is 4.03. The largest absolute Gasteiger partial charge is 0.393 e. The van der Waals surface area contributed by atoms with Gasteiger partial charge in [-0.3, -0.25) is 4.79 Å². The van der Waals surface area contributed by atoms with Crippen molar-refractivity contribution < 1.29 is 39.6 Å². The number of hydrogen-bond donors (Lipinski definition) is 1. The number of amides is 1. The molecule has 4 nitrogen and oxygen atoms in total. The maximum Gasteiger partial charge on any atom is 0.393 e. The summed E-state index contributed by atoms with van der Waals surface area (Å²) in [6, 6.07) is 0. The van der Waals surface area contributed by atoms with E-state index in [1.807, 2.05) is 0 Å². The van der Waals surface area contributed by atoms with E-state index >= 15 is 0 Å². The van der Waals surface area contributed by atoms with Gasteiger partial charge >= 0.3 is 23.7 Å². The standard InChI is InChI=1S/C6H7F6NO3S/c1-4(7,8)6(11,12)5(9,10)3(14)13-17(2,15)16/h1-2H3,(H,13,14). The van der Waals surface area contributed by atoms with Crippen LogP contribution in [-0.4, -0.2) is 38.3 Å². The van der Waals surface area contributed by atoms with Gasteiger partial charge in [0.1, 0.15) is 0 Å². The lowest BCUT2D eigenvalue weighted by Crippen LogP contribution is -2.60. The smallest absolute Gasteiger partial charge is 0.267 e. The SMILES string of the molecule is CC(F)(F)C(F)(F)C(F)(F)C(=O)NS(C)(=O)=O. The Kier molecular flexibility index (Phi) is 3.80. The molecule has 0 fully saturated rings. The molecule has 0 aromatic rings. The fourth-order valence-electron chi connectivity index (χ4n) is 0.651. The van der Waals surface area contributed by atoms with Gasteiger partial charge in [-0.2, -0.15) is 26.3 Å². The van der Waals surface area contributed by atoms with Gasteiger partial charge < -0.3 is 0 Å². The molecular weight excluding hydrogens is 280 g/mol. The molecule has 0 aromatic heterocycles. The first kappa shape index (κ1) is 16.0. The lowest BCUT2D eigenvalue weighted by molar-refractivity contribution is -0.290. The molecule has 0 aromatic carbocycles. The molecule has 0 bridgehead atoms. The Morgan fingerprint density at radius 3 is 1.65 bits per heavy atom. The van der Waals surface area contributed by atoms with Crippen LogP contribution in [0.25, 0.3) is 0 Å². The van der Waals surface area contributed by atoms with E-state index in [9.17, 15) is 39.6 Å². The minimum atomic E-state index is -6.02. The van der Waals surface area contributed by atoms with E-state index in [1.54, 1.807) is 0 Å². The summed E-state index contributed by atoms with van der Waals surface area (Å²) in [6.45, 7) is -0.519. The first-order valence-electron chi connectivity index (χ1n) is 3.78. The third kappa shape index (κ3) is 3.23. The highest BCUT2D eigenvalue weighted by Gasteiger charge is 2.73. The van der Waals surface area contributed by atoms with Crippen LogP contribution in [0.15, 0.2) is 0 Å². The quantitative estimate of drug-likeness (QED) is 0.784. The fourth-order valence-corrected chi connectivity index (χ4v) is 1.12. The number of sulfonamides is 1. The predicted molar refractivity (Wildman–Crippen MR) is 43.5 cm³/mol. The monoisotopic (exact) mass is 287 g/mol. The number of nitrogens with one attached hydrogen (secondary N) is 1. The van der Waals surface area contributed by atoms with Crippen LogP contribution in [0.5, 0.6) is 0 Å². The summed E-state index contributed by atoms with van der Waals surface area (Å²) < 4.78 is 96.3. The van der Waals surface area contributed by atoms with Crippen molar-refractivity contribution in [2.75, 3.05) is 6.26 Å². The molecule has 0 atom stereocenters. The summed E-state index contributed by atoms with van der Waals surface area (Å²) in [5.74, 6) is -20.1. The van der Waals surface area contributed by atoms with Gasteiger partial charge in [-0.25, -0.2) is 13.1 Å².